The minimum absolute atomic E-state index is 0.0769. The zero-order valence-electron chi connectivity index (χ0n) is 12.9. The van der Waals surface area contributed by atoms with Crippen molar-refractivity contribution in [1.82, 2.24) is 10.6 Å². The van der Waals surface area contributed by atoms with Gasteiger partial charge in [0.2, 0.25) is 0 Å². The van der Waals surface area contributed by atoms with Crippen LogP contribution in [0.1, 0.15) is 29.5 Å². The summed E-state index contributed by atoms with van der Waals surface area (Å²) in [5.41, 5.74) is 0.281. The van der Waals surface area contributed by atoms with Gasteiger partial charge in [-0.15, -0.1) is 11.3 Å². The fraction of sp³-hybridized carbons (Fsp3) is 0.312. The van der Waals surface area contributed by atoms with Crippen LogP contribution in [0.15, 0.2) is 35.7 Å². The number of carbonyl (C=O) groups excluding carboxylic acids is 1. The molecule has 1 aromatic carbocycles. The van der Waals surface area contributed by atoms with Crippen molar-refractivity contribution >= 4 is 17.4 Å². The third-order valence-electron chi connectivity index (χ3n) is 3.34. The van der Waals surface area contributed by atoms with Crippen LogP contribution in [0.3, 0.4) is 0 Å². The van der Waals surface area contributed by atoms with Crippen LogP contribution in [0.5, 0.6) is 5.75 Å². The molecule has 7 heteroatoms. The van der Waals surface area contributed by atoms with Crippen molar-refractivity contribution in [2.75, 3.05) is 13.7 Å². The number of thiophene rings is 1. The average molecular weight is 338 g/mol. The molecule has 0 saturated carbocycles. The molecule has 5 nitrogen and oxygen atoms in total. The number of amides is 2. The van der Waals surface area contributed by atoms with E-state index in [-0.39, 0.29) is 12.1 Å². The Labute approximate surface area is 138 Å². The summed E-state index contributed by atoms with van der Waals surface area (Å²) >= 11 is 1.41. The molecule has 3 N–H and O–H groups in total. The van der Waals surface area contributed by atoms with Crippen molar-refractivity contribution in [3.63, 3.8) is 0 Å². The topological polar surface area (TPSA) is 70.6 Å². The molecule has 23 heavy (non-hydrogen) atoms. The van der Waals surface area contributed by atoms with Gasteiger partial charge in [0.1, 0.15) is 17.7 Å². The summed E-state index contributed by atoms with van der Waals surface area (Å²) in [4.78, 5) is 12.7. The third kappa shape index (κ3) is 4.43. The summed E-state index contributed by atoms with van der Waals surface area (Å²) in [6, 6.07) is 7.05. The molecule has 2 rings (SSSR count). The van der Waals surface area contributed by atoms with E-state index in [0.29, 0.717) is 5.75 Å². The van der Waals surface area contributed by atoms with Crippen molar-refractivity contribution in [3.05, 3.63) is 52.0 Å². The minimum Gasteiger partial charge on any atom is -0.496 e. The smallest absolute Gasteiger partial charge is 0.315 e. The molecule has 1 aromatic heterocycles. The Bertz CT molecular complexity index is 649. The quantitative estimate of drug-likeness (QED) is 0.758. The maximum Gasteiger partial charge on any atom is 0.315 e. The number of nitrogens with one attached hydrogen (secondary N) is 2. The number of urea groups is 1. The van der Waals surface area contributed by atoms with Gasteiger partial charge in [0.25, 0.3) is 0 Å². The van der Waals surface area contributed by atoms with Gasteiger partial charge in [0, 0.05) is 4.88 Å². The number of ether oxygens (including phenoxy) is 1. The van der Waals surface area contributed by atoms with E-state index >= 15 is 0 Å². The number of methoxy groups -OCH3 is 1. The van der Waals surface area contributed by atoms with E-state index in [1.54, 1.807) is 25.1 Å². The number of rotatable bonds is 6. The van der Waals surface area contributed by atoms with Crippen LogP contribution >= 0.6 is 11.3 Å². The van der Waals surface area contributed by atoms with Gasteiger partial charge in [0.05, 0.1) is 25.3 Å². The molecule has 0 fully saturated rings. The zero-order valence-corrected chi connectivity index (χ0v) is 13.7. The van der Waals surface area contributed by atoms with Gasteiger partial charge in [-0.1, -0.05) is 12.1 Å². The van der Waals surface area contributed by atoms with Gasteiger partial charge in [0.15, 0.2) is 0 Å². The van der Waals surface area contributed by atoms with Gasteiger partial charge in [-0.25, -0.2) is 9.18 Å². The number of hydrogen-bond acceptors (Lipinski definition) is 4. The van der Waals surface area contributed by atoms with Crippen LogP contribution in [-0.4, -0.2) is 24.8 Å². The second-order valence-electron chi connectivity index (χ2n) is 4.96. The molecule has 0 aliphatic rings. The standard InChI is InChI=1S/C16H19FN2O3S/c1-10(15-11(17)5-3-6-13(15)22-2)19-16(21)18-9-12(20)14-7-4-8-23-14/h3-8,10,12,20H,9H2,1-2H3,(H2,18,19,21). The second-order valence-corrected chi connectivity index (χ2v) is 5.94. The second kappa shape index (κ2) is 7.94. The highest BCUT2D eigenvalue weighted by Crippen LogP contribution is 2.27. The molecule has 0 spiro atoms. The Kier molecular flexibility index (Phi) is 5.95. The summed E-state index contributed by atoms with van der Waals surface area (Å²) < 4.78 is 19.1. The molecule has 1 heterocycles. The molecule has 2 unspecified atom stereocenters. The molecular weight excluding hydrogens is 319 g/mol. The van der Waals surface area contributed by atoms with Crippen LogP contribution in [-0.2, 0) is 0 Å². The van der Waals surface area contributed by atoms with Gasteiger partial charge in [-0.2, -0.15) is 0 Å². The third-order valence-corrected chi connectivity index (χ3v) is 4.31. The normalized spacial score (nSPS) is 13.2. The van der Waals surface area contributed by atoms with Crippen molar-refractivity contribution < 1.29 is 19.0 Å². The molecule has 124 valence electrons. The maximum absolute atomic E-state index is 13.9. The predicted octanol–water partition coefficient (Wildman–Crippen LogP) is 2.99. The molecule has 2 amide bonds. The lowest BCUT2D eigenvalue weighted by atomic mass is 10.1. The Morgan fingerprint density at radius 1 is 1.39 bits per heavy atom. The SMILES string of the molecule is COc1cccc(F)c1C(C)NC(=O)NCC(O)c1cccs1. The summed E-state index contributed by atoms with van der Waals surface area (Å²) in [7, 11) is 1.45. The highest BCUT2D eigenvalue weighted by Gasteiger charge is 2.19. The molecule has 0 radical (unpaired) electrons. The number of halogens is 1. The number of carbonyl (C=O) groups is 1. The first-order valence-electron chi connectivity index (χ1n) is 7.11. The number of aliphatic hydroxyl groups excluding tert-OH is 1. The Hall–Kier alpha value is -2.12. The number of benzene rings is 1. The molecule has 0 saturated heterocycles. The van der Waals surface area contributed by atoms with E-state index in [9.17, 15) is 14.3 Å². The molecule has 2 aromatic rings. The lowest BCUT2D eigenvalue weighted by molar-refractivity contribution is 0.176. The first-order valence-corrected chi connectivity index (χ1v) is 7.99. The van der Waals surface area contributed by atoms with E-state index in [1.807, 2.05) is 11.4 Å². The van der Waals surface area contributed by atoms with Gasteiger partial charge in [-0.3, -0.25) is 0 Å². The van der Waals surface area contributed by atoms with Crippen molar-refractivity contribution in [3.8, 4) is 5.75 Å². The van der Waals surface area contributed by atoms with Crippen LogP contribution in [0, 0.1) is 5.82 Å². The van der Waals surface area contributed by atoms with Gasteiger partial charge >= 0.3 is 6.03 Å². The van der Waals surface area contributed by atoms with Crippen molar-refractivity contribution in [2.45, 2.75) is 19.1 Å². The van der Waals surface area contributed by atoms with Crippen LogP contribution in [0.25, 0.3) is 0 Å². The average Bonchev–Trinajstić information content (AvgIpc) is 3.06. The van der Waals surface area contributed by atoms with Gasteiger partial charge in [-0.05, 0) is 30.5 Å². The lowest BCUT2D eigenvalue weighted by Crippen LogP contribution is -2.39. The Morgan fingerprint density at radius 3 is 2.83 bits per heavy atom. The van der Waals surface area contributed by atoms with E-state index in [1.165, 1.54) is 24.5 Å². The summed E-state index contributed by atoms with van der Waals surface area (Å²) in [5.74, 6) is -0.0767. The van der Waals surface area contributed by atoms with E-state index in [2.05, 4.69) is 10.6 Å². The fourth-order valence-corrected chi connectivity index (χ4v) is 2.92. The number of aliphatic hydroxyl groups is 1. The Morgan fingerprint density at radius 2 is 2.17 bits per heavy atom. The fourth-order valence-electron chi connectivity index (χ4n) is 2.21. The highest BCUT2D eigenvalue weighted by molar-refractivity contribution is 7.10. The maximum atomic E-state index is 13.9. The molecule has 0 bridgehead atoms. The van der Waals surface area contributed by atoms with Crippen molar-refractivity contribution in [2.24, 2.45) is 0 Å². The minimum atomic E-state index is -0.765. The molecule has 0 aliphatic carbocycles. The van der Waals surface area contributed by atoms with Gasteiger partial charge < -0.3 is 20.5 Å². The van der Waals surface area contributed by atoms with Crippen LogP contribution in [0.2, 0.25) is 0 Å². The zero-order chi connectivity index (χ0) is 16.8. The highest BCUT2D eigenvalue weighted by atomic mass is 32.1. The van der Waals surface area contributed by atoms with Crippen molar-refractivity contribution in [1.29, 1.82) is 0 Å². The molecule has 0 aliphatic heterocycles. The first kappa shape index (κ1) is 17.2. The summed E-state index contributed by atoms with van der Waals surface area (Å²) in [6.07, 6.45) is -0.765. The summed E-state index contributed by atoms with van der Waals surface area (Å²) in [6.45, 7) is 1.74. The molecule has 2 atom stereocenters. The summed E-state index contributed by atoms with van der Waals surface area (Å²) in [5, 5.41) is 17.0. The Balaban J connectivity index is 1.92. The lowest BCUT2D eigenvalue weighted by Gasteiger charge is -2.19. The van der Waals surface area contributed by atoms with E-state index < -0.39 is 24.0 Å². The molecular formula is C16H19FN2O3S. The monoisotopic (exact) mass is 338 g/mol. The van der Waals surface area contributed by atoms with Crippen LogP contribution < -0.4 is 15.4 Å². The predicted molar refractivity (Wildman–Crippen MR) is 87.2 cm³/mol. The van der Waals surface area contributed by atoms with Crippen LogP contribution in [0.4, 0.5) is 9.18 Å². The van der Waals surface area contributed by atoms with E-state index in [4.69, 9.17) is 4.74 Å². The largest absolute Gasteiger partial charge is 0.496 e. The van der Waals surface area contributed by atoms with E-state index in [0.717, 1.165) is 4.88 Å². The first-order chi connectivity index (χ1) is 11.0. The number of hydrogen-bond donors (Lipinski definition) is 3.